The van der Waals surface area contributed by atoms with Crippen LogP contribution in [0.5, 0.6) is 5.75 Å². The first kappa shape index (κ1) is 20.7. The second-order valence-corrected chi connectivity index (χ2v) is 9.09. The minimum absolute atomic E-state index is 0.107. The fourth-order valence-corrected chi connectivity index (χ4v) is 4.37. The van der Waals surface area contributed by atoms with E-state index in [1.54, 1.807) is 7.11 Å². The van der Waals surface area contributed by atoms with Gasteiger partial charge in [0, 0.05) is 27.2 Å². The number of hydrogen-bond acceptors (Lipinski definition) is 4. The van der Waals surface area contributed by atoms with Crippen molar-refractivity contribution in [2.45, 2.75) is 32.7 Å². The fraction of sp³-hybridized carbons (Fsp3) is 0.611. The summed E-state index contributed by atoms with van der Waals surface area (Å²) in [5.41, 5.74) is 2.00. The SMILES string of the molecule is COc1ccc([C@@H](C)NC(=O)[C@@H]2CCCN(S(=O)(=O)N(C)C)C2)cc1C. The molecule has 2 rings (SSSR count). The van der Waals surface area contributed by atoms with Crippen molar-refractivity contribution in [1.29, 1.82) is 0 Å². The number of carbonyl (C=O) groups is 1. The van der Waals surface area contributed by atoms with Gasteiger partial charge >= 0.3 is 0 Å². The molecular formula is C18H29N3O4S. The number of ether oxygens (including phenoxy) is 1. The van der Waals surface area contributed by atoms with Gasteiger partial charge in [-0.1, -0.05) is 12.1 Å². The second kappa shape index (κ2) is 8.37. The lowest BCUT2D eigenvalue weighted by Crippen LogP contribution is -2.49. The predicted octanol–water partition coefficient (Wildman–Crippen LogP) is 1.70. The third-order valence-electron chi connectivity index (χ3n) is 4.82. The number of nitrogens with one attached hydrogen (secondary N) is 1. The summed E-state index contributed by atoms with van der Waals surface area (Å²) in [5.74, 6) is 0.369. The summed E-state index contributed by atoms with van der Waals surface area (Å²) in [6, 6.07) is 5.65. The molecule has 1 saturated heterocycles. The van der Waals surface area contributed by atoms with E-state index < -0.39 is 10.2 Å². The lowest BCUT2D eigenvalue weighted by Gasteiger charge is -2.33. The summed E-state index contributed by atoms with van der Waals surface area (Å²) in [6.07, 6.45) is 1.38. The predicted molar refractivity (Wildman–Crippen MR) is 101 cm³/mol. The Morgan fingerprint density at radius 3 is 2.65 bits per heavy atom. The molecule has 1 fully saturated rings. The van der Waals surface area contributed by atoms with E-state index in [1.165, 1.54) is 22.7 Å². The maximum Gasteiger partial charge on any atom is 0.281 e. The first-order chi connectivity index (χ1) is 12.2. The van der Waals surface area contributed by atoms with Crippen LogP contribution in [0, 0.1) is 12.8 Å². The van der Waals surface area contributed by atoms with Crippen molar-refractivity contribution in [3.63, 3.8) is 0 Å². The highest BCUT2D eigenvalue weighted by atomic mass is 32.2. The molecule has 0 unspecified atom stereocenters. The van der Waals surface area contributed by atoms with Crippen molar-refractivity contribution in [2.75, 3.05) is 34.3 Å². The Hall–Kier alpha value is -1.64. The summed E-state index contributed by atoms with van der Waals surface area (Å²) in [4.78, 5) is 12.7. The van der Waals surface area contributed by atoms with Gasteiger partial charge in [0.05, 0.1) is 19.1 Å². The molecule has 0 aromatic heterocycles. The fourth-order valence-electron chi connectivity index (χ4n) is 3.18. The van der Waals surface area contributed by atoms with E-state index in [1.807, 2.05) is 32.0 Å². The van der Waals surface area contributed by atoms with Crippen LogP contribution >= 0.6 is 0 Å². The molecule has 1 aliphatic heterocycles. The van der Waals surface area contributed by atoms with E-state index in [-0.39, 0.29) is 24.4 Å². The third kappa shape index (κ3) is 4.55. The summed E-state index contributed by atoms with van der Waals surface area (Å²) >= 11 is 0. The van der Waals surface area contributed by atoms with Crippen LogP contribution in [-0.2, 0) is 15.0 Å². The maximum atomic E-state index is 12.7. The zero-order chi connectivity index (χ0) is 19.5. The van der Waals surface area contributed by atoms with E-state index >= 15 is 0 Å². The number of benzene rings is 1. The Labute approximate surface area is 156 Å². The molecule has 1 aromatic rings. The smallest absolute Gasteiger partial charge is 0.281 e. The largest absolute Gasteiger partial charge is 0.496 e. The van der Waals surface area contributed by atoms with Gasteiger partial charge in [0.15, 0.2) is 0 Å². The molecule has 0 spiro atoms. The number of amides is 1. The Balaban J connectivity index is 2.03. The van der Waals surface area contributed by atoms with E-state index in [0.717, 1.165) is 16.9 Å². The summed E-state index contributed by atoms with van der Waals surface area (Å²) in [6.45, 7) is 4.57. The molecule has 1 amide bonds. The molecule has 0 bridgehead atoms. The number of rotatable bonds is 6. The van der Waals surface area contributed by atoms with Crippen LogP contribution in [0.1, 0.15) is 36.9 Å². The van der Waals surface area contributed by atoms with Crippen LogP contribution in [0.2, 0.25) is 0 Å². The summed E-state index contributed by atoms with van der Waals surface area (Å²) in [7, 11) is 1.16. The average Bonchev–Trinajstić information content (AvgIpc) is 2.61. The first-order valence-electron chi connectivity index (χ1n) is 8.79. The Bertz CT molecular complexity index is 749. The highest BCUT2D eigenvalue weighted by Crippen LogP contribution is 2.24. The minimum atomic E-state index is -3.49. The van der Waals surface area contributed by atoms with Gasteiger partial charge in [0.1, 0.15) is 5.75 Å². The number of carbonyl (C=O) groups excluding carboxylic acids is 1. The van der Waals surface area contributed by atoms with Gasteiger partial charge in [-0.3, -0.25) is 4.79 Å². The molecular weight excluding hydrogens is 354 g/mol. The standard InChI is InChI=1S/C18H29N3O4S/c1-13-11-15(8-9-17(13)25-5)14(2)19-18(22)16-7-6-10-21(12-16)26(23,24)20(3)4/h8-9,11,14,16H,6-7,10,12H2,1-5H3,(H,19,22)/t14-,16-/m1/s1. The molecule has 1 aromatic carbocycles. The molecule has 8 heteroatoms. The average molecular weight is 384 g/mol. The Kier molecular flexibility index (Phi) is 6.65. The van der Waals surface area contributed by atoms with Gasteiger partial charge in [-0.2, -0.15) is 17.0 Å². The maximum absolute atomic E-state index is 12.7. The molecule has 1 N–H and O–H groups in total. The van der Waals surface area contributed by atoms with Gasteiger partial charge in [-0.15, -0.1) is 0 Å². The van der Waals surface area contributed by atoms with E-state index in [2.05, 4.69) is 5.32 Å². The van der Waals surface area contributed by atoms with E-state index in [0.29, 0.717) is 19.4 Å². The van der Waals surface area contributed by atoms with Crippen molar-refractivity contribution < 1.29 is 17.9 Å². The topological polar surface area (TPSA) is 79.0 Å². The molecule has 26 heavy (non-hydrogen) atoms. The number of piperidine rings is 1. The van der Waals surface area contributed by atoms with Gasteiger partial charge in [0.2, 0.25) is 5.91 Å². The molecule has 2 atom stereocenters. The third-order valence-corrected chi connectivity index (χ3v) is 6.73. The van der Waals surface area contributed by atoms with E-state index in [9.17, 15) is 13.2 Å². The second-order valence-electron chi connectivity index (χ2n) is 6.95. The molecule has 1 heterocycles. The number of nitrogens with zero attached hydrogens (tertiary/aromatic N) is 2. The minimum Gasteiger partial charge on any atom is -0.496 e. The summed E-state index contributed by atoms with van der Waals surface area (Å²) < 4.78 is 32.5. The van der Waals surface area contributed by atoms with Crippen LogP contribution in [0.3, 0.4) is 0 Å². The molecule has 0 saturated carbocycles. The Morgan fingerprint density at radius 1 is 1.38 bits per heavy atom. The van der Waals surface area contributed by atoms with Crippen molar-refractivity contribution in [3.8, 4) is 5.75 Å². The first-order valence-corrected chi connectivity index (χ1v) is 10.2. The van der Waals surface area contributed by atoms with E-state index in [4.69, 9.17) is 4.74 Å². The van der Waals surface area contributed by atoms with Gasteiger partial charge in [-0.05, 0) is 43.9 Å². The highest BCUT2D eigenvalue weighted by Gasteiger charge is 2.33. The van der Waals surface area contributed by atoms with Crippen molar-refractivity contribution in [3.05, 3.63) is 29.3 Å². The number of methoxy groups -OCH3 is 1. The van der Waals surface area contributed by atoms with Crippen molar-refractivity contribution in [2.24, 2.45) is 5.92 Å². The van der Waals surface area contributed by atoms with Crippen LogP contribution in [-0.4, -0.2) is 57.2 Å². The highest BCUT2D eigenvalue weighted by molar-refractivity contribution is 7.86. The van der Waals surface area contributed by atoms with Crippen LogP contribution in [0.25, 0.3) is 0 Å². The lowest BCUT2D eigenvalue weighted by atomic mass is 9.97. The van der Waals surface area contributed by atoms with Gasteiger partial charge in [-0.25, -0.2) is 0 Å². The monoisotopic (exact) mass is 383 g/mol. The molecule has 0 radical (unpaired) electrons. The number of hydrogen-bond donors (Lipinski definition) is 1. The van der Waals surface area contributed by atoms with Crippen LogP contribution < -0.4 is 10.1 Å². The van der Waals surface area contributed by atoms with Gasteiger partial charge < -0.3 is 10.1 Å². The quantitative estimate of drug-likeness (QED) is 0.811. The summed E-state index contributed by atoms with van der Waals surface area (Å²) in [5, 5.41) is 3.02. The lowest BCUT2D eigenvalue weighted by molar-refractivity contribution is -0.126. The zero-order valence-corrected chi connectivity index (χ0v) is 17.0. The van der Waals surface area contributed by atoms with Crippen LogP contribution in [0.4, 0.5) is 0 Å². The Morgan fingerprint density at radius 2 is 2.08 bits per heavy atom. The zero-order valence-electron chi connectivity index (χ0n) is 16.2. The number of aryl methyl sites for hydroxylation is 1. The molecule has 0 aliphatic carbocycles. The van der Waals surface area contributed by atoms with Gasteiger partial charge in [0.25, 0.3) is 10.2 Å². The molecule has 1 aliphatic rings. The normalized spacial score (nSPS) is 20.0. The van der Waals surface area contributed by atoms with Crippen LogP contribution in [0.15, 0.2) is 18.2 Å². The molecule has 146 valence electrons. The van der Waals surface area contributed by atoms with Crippen molar-refractivity contribution >= 4 is 16.1 Å². The molecule has 7 nitrogen and oxygen atoms in total. The van der Waals surface area contributed by atoms with Crippen molar-refractivity contribution in [1.82, 2.24) is 13.9 Å².